The normalized spacial score (nSPS) is 20.3. The van der Waals surface area contributed by atoms with Gasteiger partial charge in [-0.3, -0.25) is 14.4 Å². The van der Waals surface area contributed by atoms with Crippen LogP contribution in [0, 0.1) is 5.92 Å². The van der Waals surface area contributed by atoms with Gasteiger partial charge in [-0.15, -0.1) is 0 Å². The Kier molecular flexibility index (Phi) is 8.12. The molecule has 3 amide bonds. The first-order valence-corrected chi connectivity index (χ1v) is 12.5. The van der Waals surface area contributed by atoms with Crippen molar-refractivity contribution >= 4 is 23.5 Å². The van der Waals surface area contributed by atoms with E-state index in [1.165, 1.54) is 0 Å². The number of anilines is 1. The number of likely N-dealkylation sites (N-methyl/N-ethyl adjacent to an activating group) is 1. The largest absolute Gasteiger partial charge is 0.343 e. The van der Waals surface area contributed by atoms with Crippen LogP contribution in [0.3, 0.4) is 0 Å². The lowest BCUT2D eigenvalue weighted by Crippen LogP contribution is -2.57. The van der Waals surface area contributed by atoms with Gasteiger partial charge in [0.15, 0.2) is 5.69 Å². The summed E-state index contributed by atoms with van der Waals surface area (Å²) in [5, 5.41) is 16.5. The molecule has 3 N–H and O–H groups in total. The van der Waals surface area contributed by atoms with Crippen LogP contribution >= 0.6 is 0 Å². The Morgan fingerprint density at radius 3 is 2.49 bits per heavy atom. The first kappa shape index (κ1) is 24.8. The van der Waals surface area contributed by atoms with Crippen molar-refractivity contribution in [2.75, 3.05) is 18.9 Å². The second-order valence-electron chi connectivity index (χ2n) is 9.40. The summed E-state index contributed by atoms with van der Waals surface area (Å²) in [4.78, 5) is 41.4. The van der Waals surface area contributed by atoms with Crippen LogP contribution in [0.2, 0.25) is 0 Å². The summed E-state index contributed by atoms with van der Waals surface area (Å²) in [6.07, 6.45) is 6.25. The number of rotatable bonds is 8. The zero-order chi connectivity index (χ0) is 24.8. The number of amides is 3. The molecule has 35 heavy (non-hydrogen) atoms. The average Bonchev–Trinajstić information content (AvgIpc) is 3.57. The molecule has 4 rings (SSSR count). The Balaban J connectivity index is 1.50. The van der Waals surface area contributed by atoms with Crippen LogP contribution in [0.25, 0.3) is 11.3 Å². The molecule has 3 atom stereocenters. The Morgan fingerprint density at radius 2 is 1.77 bits per heavy atom. The molecule has 1 aromatic heterocycles. The summed E-state index contributed by atoms with van der Waals surface area (Å²) in [6.45, 7) is 2.24. The number of hydrogen-bond donors (Lipinski definition) is 3. The fourth-order valence-electron chi connectivity index (χ4n) is 5.00. The van der Waals surface area contributed by atoms with Crippen molar-refractivity contribution in [2.24, 2.45) is 5.92 Å². The van der Waals surface area contributed by atoms with Gasteiger partial charge in [-0.05, 0) is 55.9 Å². The number of carbonyl (C=O) groups is 3. The minimum absolute atomic E-state index is 0.0676. The molecule has 10 nitrogen and oxygen atoms in total. The lowest BCUT2D eigenvalue weighted by Gasteiger charge is -2.35. The highest BCUT2D eigenvalue weighted by atomic mass is 16.6. The molecule has 2 aromatic rings. The quantitative estimate of drug-likeness (QED) is 0.527. The topological polar surface area (TPSA) is 129 Å². The fourth-order valence-corrected chi connectivity index (χ4v) is 5.00. The van der Waals surface area contributed by atoms with Gasteiger partial charge in [0.2, 0.25) is 23.5 Å². The number of likely N-dealkylation sites (tertiary alicyclic amines) is 1. The predicted molar refractivity (Wildman–Crippen MR) is 130 cm³/mol. The summed E-state index contributed by atoms with van der Waals surface area (Å²) in [7, 11) is 1.71. The van der Waals surface area contributed by atoms with E-state index < -0.39 is 18.1 Å². The fraction of sp³-hybridized carbons (Fsp3) is 0.560. The van der Waals surface area contributed by atoms with Gasteiger partial charge in [-0.2, -0.15) is 0 Å². The van der Waals surface area contributed by atoms with E-state index in [-0.39, 0.29) is 29.5 Å². The predicted octanol–water partition coefficient (Wildman–Crippen LogP) is 2.34. The summed E-state index contributed by atoms with van der Waals surface area (Å²) in [5.74, 6) is -0.440. The SMILES string of the molecule is CN[C@@H](C)C(=O)N[C@H](C(=O)N1CCC[C@H]1C(=O)Nc1nonc1-c1ccccc1)C1CCCCC1. The van der Waals surface area contributed by atoms with Crippen LogP contribution in [0.4, 0.5) is 5.82 Å². The second kappa shape index (κ2) is 11.4. The van der Waals surface area contributed by atoms with Gasteiger partial charge >= 0.3 is 0 Å². The number of benzene rings is 1. The molecule has 0 spiro atoms. The van der Waals surface area contributed by atoms with Crippen LogP contribution in [0.15, 0.2) is 35.0 Å². The van der Waals surface area contributed by atoms with Crippen molar-refractivity contribution in [1.82, 2.24) is 25.8 Å². The van der Waals surface area contributed by atoms with Gasteiger partial charge in [0.25, 0.3) is 0 Å². The van der Waals surface area contributed by atoms with Crippen LogP contribution in [0.5, 0.6) is 0 Å². The van der Waals surface area contributed by atoms with Gasteiger partial charge in [0, 0.05) is 12.1 Å². The minimum Gasteiger partial charge on any atom is -0.343 e. The van der Waals surface area contributed by atoms with E-state index in [2.05, 4.69) is 26.3 Å². The molecule has 1 saturated heterocycles. The van der Waals surface area contributed by atoms with E-state index in [4.69, 9.17) is 4.63 Å². The zero-order valence-corrected chi connectivity index (χ0v) is 20.3. The van der Waals surface area contributed by atoms with Gasteiger partial charge in [-0.1, -0.05) is 49.6 Å². The van der Waals surface area contributed by atoms with E-state index in [9.17, 15) is 14.4 Å². The zero-order valence-electron chi connectivity index (χ0n) is 20.3. The number of hydrogen-bond acceptors (Lipinski definition) is 7. The van der Waals surface area contributed by atoms with E-state index in [1.54, 1.807) is 18.9 Å². The first-order valence-electron chi connectivity index (χ1n) is 12.5. The van der Waals surface area contributed by atoms with Crippen molar-refractivity contribution in [2.45, 2.75) is 70.0 Å². The molecule has 2 aliphatic rings. The van der Waals surface area contributed by atoms with Crippen molar-refractivity contribution in [3.05, 3.63) is 30.3 Å². The van der Waals surface area contributed by atoms with Crippen molar-refractivity contribution in [3.8, 4) is 11.3 Å². The summed E-state index contributed by atoms with van der Waals surface area (Å²) >= 11 is 0. The third kappa shape index (κ3) is 5.70. The highest BCUT2D eigenvalue weighted by molar-refractivity contribution is 6.00. The highest BCUT2D eigenvalue weighted by Gasteiger charge is 2.41. The van der Waals surface area contributed by atoms with E-state index >= 15 is 0 Å². The number of aromatic nitrogens is 2. The molecule has 1 aliphatic carbocycles. The van der Waals surface area contributed by atoms with E-state index in [1.807, 2.05) is 30.3 Å². The number of carbonyl (C=O) groups excluding carboxylic acids is 3. The van der Waals surface area contributed by atoms with Crippen molar-refractivity contribution < 1.29 is 19.0 Å². The van der Waals surface area contributed by atoms with E-state index in [0.29, 0.717) is 25.1 Å². The second-order valence-corrected chi connectivity index (χ2v) is 9.40. The Labute approximate surface area is 205 Å². The summed E-state index contributed by atoms with van der Waals surface area (Å²) in [5.41, 5.74) is 1.20. The van der Waals surface area contributed by atoms with Gasteiger partial charge < -0.3 is 20.9 Å². The van der Waals surface area contributed by atoms with Crippen LogP contribution in [-0.2, 0) is 14.4 Å². The number of nitrogens with zero attached hydrogens (tertiary/aromatic N) is 3. The monoisotopic (exact) mass is 482 g/mol. The standard InChI is InChI=1S/C25H34N6O4/c1-16(26-2)23(32)27-21(18-12-7-4-8-13-18)25(34)31-15-9-14-19(31)24(33)28-22-20(29-35-30-22)17-10-5-3-6-11-17/h3,5-6,10-11,16,18-19,21,26H,4,7-9,12-15H2,1-2H3,(H,27,32)(H,28,30,33)/t16-,19-,21-/m0/s1. The van der Waals surface area contributed by atoms with E-state index in [0.717, 1.165) is 37.7 Å². The van der Waals surface area contributed by atoms with Crippen molar-refractivity contribution in [1.29, 1.82) is 0 Å². The van der Waals surface area contributed by atoms with Crippen LogP contribution in [-0.4, -0.2) is 64.7 Å². The van der Waals surface area contributed by atoms with Crippen LogP contribution in [0.1, 0.15) is 51.9 Å². The highest BCUT2D eigenvalue weighted by Crippen LogP contribution is 2.30. The lowest BCUT2D eigenvalue weighted by molar-refractivity contribution is -0.142. The van der Waals surface area contributed by atoms with Gasteiger partial charge in [0.1, 0.15) is 12.1 Å². The molecule has 2 fully saturated rings. The number of nitrogens with one attached hydrogen (secondary N) is 3. The third-order valence-electron chi connectivity index (χ3n) is 7.13. The molecule has 1 aliphatic heterocycles. The molecule has 0 bridgehead atoms. The Morgan fingerprint density at radius 1 is 1.03 bits per heavy atom. The summed E-state index contributed by atoms with van der Waals surface area (Å²) in [6, 6.07) is 7.61. The van der Waals surface area contributed by atoms with Gasteiger partial charge in [-0.25, -0.2) is 4.63 Å². The smallest absolute Gasteiger partial charge is 0.248 e. The maximum atomic E-state index is 13.8. The molecular formula is C25H34N6O4. The maximum absolute atomic E-state index is 13.8. The lowest BCUT2D eigenvalue weighted by atomic mass is 9.83. The first-order chi connectivity index (χ1) is 17.0. The Hall–Kier alpha value is -3.27. The maximum Gasteiger partial charge on any atom is 0.248 e. The molecule has 0 radical (unpaired) electrons. The molecule has 2 heterocycles. The molecule has 10 heteroatoms. The minimum atomic E-state index is -0.646. The van der Waals surface area contributed by atoms with Gasteiger partial charge in [0.05, 0.1) is 6.04 Å². The van der Waals surface area contributed by atoms with Crippen molar-refractivity contribution in [3.63, 3.8) is 0 Å². The molecule has 1 aromatic carbocycles. The Bertz CT molecular complexity index is 1020. The van der Waals surface area contributed by atoms with Crippen LogP contribution < -0.4 is 16.0 Å². The summed E-state index contributed by atoms with van der Waals surface area (Å²) < 4.78 is 4.88. The average molecular weight is 483 g/mol. The molecule has 1 saturated carbocycles. The molecule has 188 valence electrons. The third-order valence-corrected chi connectivity index (χ3v) is 7.13. The molecular weight excluding hydrogens is 448 g/mol. The molecule has 0 unspecified atom stereocenters.